The summed E-state index contributed by atoms with van der Waals surface area (Å²) in [5.41, 5.74) is -1.53. The standard InChI is InChI=1S/C18H20N7O8P/c1-30-16-15(27)12(33-17(16)25-7-4-13(26)21-18(25)28)10-24-11-14(22-23-24)34(29,31-8-2-5-19)32-9-3-6-20/h4,7,11,16-17,27H,2-3,8-10H2,1H3,(H,21,26,28)/t16?,17-/m1/s1. The quantitative estimate of drug-likeness (QED) is 0.309. The van der Waals surface area contributed by atoms with Crippen LogP contribution in [0.1, 0.15) is 19.1 Å². The zero-order valence-corrected chi connectivity index (χ0v) is 18.8. The van der Waals surface area contributed by atoms with Crippen molar-refractivity contribution in [3.05, 3.63) is 50.8 Å². The molecule has 15 nitrogen and oxygen atoms in total. The molecule has 0 saturated heterocycles. The van der Waals surface area contributed by atoms with Crippen molar-refractivity contribution in [3.63, 3.8) is 0 Å². The molecule has 1 aliphatic heterocycles. The van der Waals surface area contributed by atoms with E-state index in [1.54, 1.807) is 0 Å². The first kappa shape index (κ1) is 24.9. The Morgan fingerprint density at radius 3 is 2.53 bits per heavy atom. The highest BCUT2D eigenvalue weighted by molar-refractivity contribution is 7.61. The summed E-state index contributed by atoms with van der Waals surface area (Å²) in [4.78, 5) is 25.6. The first-order valence-corrected chi connectivity index (χ1v) is 11.3. The fraction of sp³-hybridized carbons (Fsp3) is 0.444. The summed E-state index contributed by atoms with van der Waals surface area (Å²) < 4.78 is 36.8. The van der Waals surface area contributed by atoms with Gasteiger partial charge in [-0.05, 0) is 0 Å². The van der Waals surface area contributed by atoms with Crippen molar-refractivity contribution in [1.29, 1.82) is 10.5 Å². The zero-order valence-electron chi connectivity index (χ0n) is 17.9. The molecule has 16 heteroatoms. The fourth-order valence-corrected chi connectivity index (χ4v) is 4.40. The van der Waals surface area contributed by atoms with Crippen LogP contribution < -0.4 is 16.7 Å². The number of aromatic amines is 1. The number of methoxy groups -OCH3 is 1. The molecule has 0 bridgehead atoms. The highest BCUT2D eigenvalue weighted by Crippen LogP contribution is 2.46. The summed E-state index contributed by atoms with van der Waals surface area (Å²) in [5, 5.41) is 35.6. The summed E-state index contributed by atoms with van der Waals surface area (Å²) in [6, 6.07) is 4.82. The molecule has 3 heterocycles. The van der Waals surface area contributed by atoms with Gasteiger partial charge in [-0.2, -0.15) is 10.5 Å². The van der Waals surface area contributed by atoms with E-state index in [2.05, 4.69) is 15.3 Å². The van der Waals surface area contributed by atoms with Crippen molar-refractivity contribution in [1.82, 2.24) is 24.5 Å². The van der Waals surface area contributed by atoms with Crippen molar-refractivity contribution in [3.8, 4) is 12.1 Å². The summed E-state index contributed by atoms with van der Waals surface area (Å²) in [6.45, 7) is -0.565. The molecule has 0 fully saturated rings. The smallest absolute Gasteiger partial charge is 0.383 e. The van der Waals surface area contributed by atoms with Crippen molar-refractivity contribution >= 4 is 13.0 Å². The third-order valence-corrected chi connectivity index (χ3v) is 6.33. The van der Waals surface area contributed by atoms with Crippen molar-refractivity contribution in [2.45, 2.75) is 31.7 Å². The molecule has 2 aromatic rings. The van der Waals surface area contributed by atoms with E-state index in [1.807, 2.05) is 12.1 Å². The van der Waals surface area contributed by atoms with Crippen molar-refractivity contribution in [2.24, 2.45) is 0 Å². The van der Waals surface area contributed by atoms with Gasteiger partial charge in [0.05, 0.1) is 44.4 Å². The number of aliphatic hydroxyl groups excluding tert-OH is 1. The van der Waals surface area contributed by atoms with E-state index in [0.29, 0.717) is 0 Å². The second kappa shape index (κ2) is 10.9. The van der Waals surface area contributed by atoms with Crippen LogP contribution in [-0.2, 0) is 29.6 Å². The molecule has 3 rings (SSSR count). The largest absolute Gasteiger partial charge is 0.506 e. The number of allylic oxidation sites excluding steroid dienone is 1. The maximum atomic E-state index is 13.1. The Morgan fingerprint density at radius 1 is 1.26 bits per heavy atom. The lowest BCUT2D eigenvalue weighted by Crippen LogP contribution is -2.36. The topological polar surface area (TPSA) is 207 Å². The predicted molar refractivity (Wildman–Crippen MR) is 112 cm³/mol. The third-order valence-electron chi connectivity index (χ3n) is 4.52. The molecule has 0 aliphatic carbocycles. The van der Waals surface area contributed by atoms with Gasteiger partial charge in [-0.15, -0.1) is 5.10 Å². The lowest BCUT2D eigenvalue weighted by atomic mass is 10.2. The van der Waals surface area contributed by atoms with E-state index >= 15 is 0 Å². The molecule has 0 spiro atoms. The van der Waals surface area contributed by atoms with E-state index in [9.17, 15) is 19.3 Å². The first-order valence-electron chi connectivity index (χ1n) is 9.79. The minimum Gasteiger partial charge on any atom is -0.506 e. The molecule has 1 aliphatic rings. The molecule has 2 aromatic heterocycles. The number of ether oxygens (including phenoxy) is 2. The fourth-order valence-electron chi connectivity index (χ4n) is 2.97. The monoisotopic (exact) mass is 493 g/mol. The minimum absolute atomic E-state index is 0.0166. The Labute approximate surface area is 191 Å². The maximum absolute atomic E-state index is 13.1. The number of nitrogens with one attached hydrogen (secondary N) is 1. The SMILES string of the molecule is COC1C(O)=C(Cn2cc(P(=O)(OCCC#N)OCCC#N)nn2)O[C@H]1n1ccc(=O)[nH]c1=O. The van der Waals surface area contributed by atoms with Gasteiger partial charge in [0.25, 0.3) is 5.56 Å². The number of hydrogen-bond donors (Lipinski definition) is 2. The predicted octanol–water partition coefficient (Wildman–Crippen LogP) is -0.179. The van der Waals surface area contributed by atoms with Gasteiger partial charge in [0, 0.05) is 19.4 Å². The Balaban J connectivity index is 1.81. The number of aliphatic hydroxyl groups is 1. The number of nitrogens with zero attached hydrogens (tertiary/aromatic N) is 6. The van der Waals surface area contributed by atoms with Crippen LogP contribution in [0.2, 0.25) is 0 Å². The molecule has 0 radical (unpaired) electrons. The number of rotatable bonds is 11. The van der Waals surface area contributed by atoms with Crippen LogP contribution in [0.4, 0.5) is 0 Å². The molecular formula is C18H20N7O8P. The van der Waals surface area contributed by atoms with Gasteiger partial charge in [-0.1, -0.05) is 5.21 Å². The minimum atomic E-state index is -3.98. The number of aromatic nitrogens is 5. The van der Waals surface area contributed by atoms with Crippen LogP contribution in [0, 0.1) is 22.7 Å². The van der Waals surface area contributed by atoms with Gasteiger partial charge in [0.15, 0.2) is 23.1 Å². The average Bonchev–Trinajstić information content (AvgIpc) is 3.39. The molecule has 2 N–H and O–H groups in total. The van der Waals surface area contributed by atoms with Gasteiger partial charge in [-0.3, -0.25) is 18.9 Å². The van der Waals surface area contributed by atoms with Crippen LogP contribution >= 0.6 is 7.60 Å². The molecule has 1 unspecified atom stereocenters. The van der Waals surface area contributed by atoms with Crippen LogP contribution in [-0.4, -0.2) is 56.1 Å². The molecule has 0 saturated carbocycles. The lowest BCUT2D eigenvalue weighted by molar-refractivity contribution is -0.0353. The summed E-state index contributed by atoms with van der Waals surface area (Å²) in [6.07, 6.45) is 0.189. The highest BCUT2D eigenvalue weighted by Gasteiger charge is 2.40. The molecular weight excluding hydrogens is 473 g/mol. The summed E-state index contributed by atoms with van der Waals surface area (Å²) in [5.74, 6) is -0.335. The van der Waals surface area contributed by atoms with E-state index in [1.165, 1.54) is 24.2 Å². The van der Waals surface area contributed by atoms with Crippen LogP contribution in [0.25, 0.3) is 0 Å². The molecule has 2 atom stereocenters. The summed E-state index contributed by atoms with van der Waals surface area (Å²) in [7, 11) is -2.68. The van der Waals surface area contributed by atoms with E-state index < -0.39 is 31.2 Å². The normalized spacial score (nSPS) is 17.9. The van der Waals surface area contributed by atoms with Gasteiger partial charge < -0.3 is 23.6 Å². The highest BCUT2D eigenvalue weighted by atomic mass is 31.2. The Hall–Kier alpha value is -3.75. The number of hydrogen-bond acceptors (Lipinski definition) is 12. The van der Waals surface area contributed by atoms with E-state index in [4.69, 9.17) is 29.0 Å². The van der Waals surface area contributed by atoms with Crippen LogP contribution in [0.3, 0.4) is 0 Å². The van der Waals surface area contributed by atoms with Crippen molar-refractivity contribution < 1.29 is 28.2 Å². The average molecular weight is 493 g/mol. The molecule has 34 heavy (non-hydrogen) atoms. The Kier molecular flexibility index (Phi) is 7.99. The molecule has 180 valence electrons. The molecule has 0 amide bonds. The van der Waals surface area contributed by atoms with Gasteiger partial charge in [0.1, 0.15) is 6.54 Å². The second-order valence-electron chi connectivity index (χ2n) is 6.75. The Morgan fingerprint density at radius 2 is 1.94 bits per heavy atom. The van der Waals surface area contributed by atoms with E-state index in [-0.39, 0.29) is 49.6 Å². The second-order valence-corrected chi connectivity index (χ2v) is 8.71. The first-order chi connectivity index (χ1) is 16.3. The number of H-pyrrole nitrogens is 1. The van der Waals surface area contributed by atoms with Crippen LogP contribution in [0.15, 0.2) is 39.6 Å². The summed E-state index contributed by atoms with van der Waals surface area (Å²) >= 11 is 0. The van der Waals surface area contributed by atoms with Gasteiger partial charge in [-0.25, -0.2) is 9.48 Å². The Bertz CT molecular complexity index is 1280. The maximum Gasteiger partial charge on any atom is 0.383 e. The lowest BCUT2D eigenvalue weighted by Gasteiger charge is -2.19. The van der Waals surface area contributed by atoms with Gasteiger partial charge in [0.2, 0.25) is 6.23 Å². The zero-order chi connectivity index (χ0) is 24.7. The van der Waals surface area contributed by atoms with E-state index in [0.717, 1.165) is 10.6 Å². The molecule has 0 aromatic carbocycles. The van der Waals surface area contributed by atoms with Crippen molar-refractivity contribution in [2.75, 3.05) is 20.3 Å². The van der Waals surface area contributed by atoms with Gasteiger partial charge >= 0.3 is 13.3 Å². The van der Waals surface area contributed by atoms with Crippen LogP contribution in [0.5, 0.6) is 0 Å². The third kappa shape index (κ3) is 5.41. The number of nitriles is 2.